The Hall–Kier alpha value is -0.860. The van der Waals surface area contributed by atoms with Crippen LogP contribution in [0.5, 0.6) is 0 Å². The van der Waals surface area contributed by atoms with Gasteiger partial charge in [-0.3, -0.25) is 0 Å². The maximum Gasteiger partial charge on any atom is 0.0715 e. The molecular weight excluding hydrogens is 188 g/mol. The predicted octanol–water partition coefficient (Wildman–Crippen LogP) is 3.05. The number of benzene rings is 1. The van der Waals surface area contributed by atoms with Crippen molar-refractivity contribution in [2.45, 2.75) is 40.4 Å². The van der Waals surface area contributed by atoms with E-state index in [0.29, 0.717) is 6.61 Å². The summed E-state index contributed by atoms with van der Waals surface area (Å²) in [5.74, 6) is 0. The lowest BCUT2D eigenvalue weighted by Gasteiger charge is -2.07. The molecule has 0 saturated carbocycles. The van der Waals surface area contributed by atoms with Crippen molar-refractivity contribution < 1.29 is 9.84 Å². The highest BCUT2D eigenvalue weighted by Crippen LogP contribution is 2.14. The van der Waals surface area contributed by atoms with Crippen LogP contribution in [0, 0.1) is 6.92 Å². The standard InChI is InChI=1S/C10H14O2.C3H8/c1-8-9(6-11)4-3-5-10(8)7-12-2;1-3-2/h3-5,11H,6-7H2,1-2H3;3H2,1-2H3. The Balaban J connectivity index is 0.000000583. The van der Waals surface area contributed by atoms with Gasteiger partial charge in [-0.05, 0) is 23.6 Å². The van der Waals surface area contributed by atoms with Crippen LogP contribution in [0.2, 0.25) is 0 Å². The van der Waals surface area contributed by atoms with Gasteiger partial charge in [-0.25, -0.2) is 0 Å². The summed E-state index contributed by atoms with van der Waals surface area (Å²) in [7, 11) is 1.67. The Morgan fingerprint density at radius 3 is 2.20 bits per heavy atom. The van der Waals surface area contributed by atoms with Crippen molar-refractivity contribution in [2.75, 3.05) is 7.11 Å². The lowest BCUT2D eigenvalue weighted by Crippen LogP contribution is -1.96. The van der Waals surface area contributed by atoms with Gasteiger partial charge >= 0.3 is 0 Å². The molecule has 0 spiro atoms. The quantitative estimate of drug-likeness (QED) is 0.831. The number of aliphatic hydroxyl groups is 1. The number of hydrogen-bond acceptors (Lipinski definition) is 2. The molecule has 0 aromatic heterocycles. The van der Waals surface area contributed by atoms with Gasteiger partial charge < -0.3 is 9.84 Å². The molecule has 0 heterocycles. The summed E-state index contributed by atoms with van der Waals surface area (Å²) in [6.45, 7) is 6.96. The molecule has 15 heavy (non-hydrogen) atoms. The average Bonchev–Trinajstić information content (AvgIpc) is 2.23. The van der Waals surface area contributed by atoms with Crippen LogP contribution in [-0.2, 0) is 18.0 Å². The molecule has 1 aromatic carbocycles. The highest BCUT2D eigenvalue weighted by atomic mass is 16.5. The molecule has 1 aromatic rings. The first kappa shape index (κ1) is 14.1. The molecule has 0 aliphatic carbocycles. The van der Waals surface area contributed by atoms with Crippen LogP contribution in [0.1, 0.15) is 37.0 Å². The molecular formula is C13H22O2. The van der Waals surface area contributed by atoms with Crippen molar-refractivity contribution in [3.05, 3.63) is 34.9 Å². The summed E-state index contributed by atoms with van der Waals surface area (Å²) >= 11 is 0. The van der Waals surface area contributed by atoms with Gasteiger partial charge in [0.05, 0.1) is 13.2 Å². The second-order valence-electron chi connectivity index (χ2n) is 3.50. The third kappa shape index (κ3) is 4.96. The van der Waals surface area contributed by atoms with E-state index in [9.17, 15) is 0 Å². The van der Waals surface area contributed by atoms with E-state index >= 15 is 0 Å². The van der Waals surface area contributed by atoms with Crippen LogP contribution in [0.15, 0.2) is 18.2 Å². The summed E-state index contributed by atoms with van der Waals surface area (Å²) in [6, 6.07) is 5.87. The van der Waals surface area contributed by atoms with Crippen molar-refractivity contribution >= 4 is 0 Å². The van der Waals surface area contributed by atoms with E-state index in [1.165, 1.54) is 6.42 Å². The monoisotopic (exact) mass is 210 g/mol. The van der Waals surface area contributed by atoms with Gasteiger partial charge in [0.2, 0.25) is 0 Å². The number of rotatable bonds is 3. The first-order valence-corrected chi connectivity index (χ1v) is 5.38. The highest BCUT2D eigenvalue weighted by Gasteiger charge is 2.01. The molecule has 0 aliphatic rings. The minimum atomic E-state index is 0.101. The molecule has 0 fully saturated rings. The number of methoxy groups -OCH3 is 1. The second kappa shape index (κ2) is 8.45. The Kier molecular flexibility index (Phi) is 7.96. The summed E-state index contributed by atoms with van der Waals surface area (Å²) in [6.07, 6.45) is 1.25. The zero-order valence-corrected chi connectivity index (χ0v) is 10.2. The first-order chi connectivity index (χ1) is 7.21. The number of ether oxygens (including phenoxy) is 1. The Morgan fingerprint density at radius 2 is 1.73 bits per heavy atom. The average molecular weight is 210 g/mol. The van der Waals surface area contributed by atoms with Gasteiger partial charge in [-0.2, -0.15) is 0 Å². The molecule has 1 N–H and O–H groups in total. The molecule has 0 saturated heterocycles. The molecule has 1 rings (SSSR count). The van der Waals surface area contributed by atoms with Crippen LogP contribution in [0.25, 0.3) is 0 Å². The van der Waals surface area contributed by atoms with Crippen molar-refractivity contribution in [1.29, 1.82) is 0 Å². The zero-order chi connectivity index (χ0) is 11.7. The van der Waals surface area contributed by atoms with Gasteiger partial charge in [0.15, 0.2) is 0 Å². The zero-order valence-electron chi connectivity index (χ0n) is 10.2. The Bertz CT molecular complexity index is 269. The van der Waals surface area contributed by atoms with Crippen LogP contribution in [0.3, 0.4) is 0 Å². The first-order valence-electron chi connectivity index (χ1n) is 5.38. The maximum absolute atomic E-state index is 8.97. The molecule has 2 nitrogen and oxygen atoms in total. The lowest BCUT2D eigenvalue weighted by atomic mass is 10.0. The molecule has 2 heteroatoms. The SMILES string of the molecule is CCC.COCc1cccc(CO)c1C. The molecule has 0 atom stereocenters. The number of aliphatic hydroxyl groups excluding tert-OH is 1. The largest absolute Gasteiger partial charge is 0.392 e. The van der Waals surface area contributed by atoms with Crippen molar-refractivity contribution in [3.63, 3.8) is 0 Å². The third-order valence-corrected chi connectivity index (χ3v) is 2.03. The Morgan fingerprint density at radius 1 is 1.20 bits per heavy atom. The molecule has 0 unspecified atom stereocenters. The van der Waals surface area contributed by atoms with E-state index in [-0.39, 0.29) is 6.61 Å². The number of hydrogen-bond donors (Lipinski definition) is 1. The lowest BCUT2D eigenvalue weighted by molar-refractivity contribution is 0.184. The van der Waals surface area contributed by atoms with Gasteiger partial charge in [0.1, 0.15) is 0 Å². The summed E-state index contributed by atoms with van der Waals surface area (Å²) in [4.78, 5) is 0. The predicted molar refractivity (Wildman–Crippen MR) is 63.8 cm³/mol. The molecule has 86 valence electrons. The van der Waals surface area contributed by atoms with Crippen molar-refractivity contribution in [2.24, 2.45) is 0 Å². The van der Waals surface area contributed by atoms with E-state index in [1.807, 2.05) is 25.1 Å². The van der Waals surface area contributed by atoms with Gasteiger partial charge in [0.25, 0.3) is 0 Å². The molecule has 0 bridgehead atoms. The normalized spacial score (nSPS) is 9.40. The van der Waals surface area contributed by atoms with Crippen LogP contribution in [-0.4, -0.2) is 12.2 Å². The van der Waals surface area contributed by atoms with E-state index < -0.39 is 0 Å². The van der Waals surface area contributed by atoms with Gasteiger partial charge in [0, 0.05) is 7.11 Å². The van der Waals surface area contributed by atoms with Crippen molar-refractivity contribution in [1.82, 2.24) is 0 Å². The van der Waals surface area contributed by atoms with Crippen LogP contribution >= 0.6 is 0 Å². The fourth-order valence-electron chi connectivity index (χ4n) is 1.22. The molecule has 0 radical (unpaired) electrons. The van der Waals surface area contributed by atoms with Crippen molar-refractivity contribution in [3.8, 4) is 0 Å². The minimum absolute atomic E-state index is 0.101. The molecule has 0 amide bonds. The Labute approximate surface area is 92.9 Å². The summed E-state index contributed by atoms with van der Waals surface area (Å²) in [5, 5.41) is 8.97. The minimum Gasteiger partial charge on any atom is -0.392 e. The highest BCUT2D eigenvalue weighted by molar-refractivity contribution is 5.33. The molecule has 0 aliphatic heterocycles. The summed E-state index contributed by atoms with van der Waals surface area (Å²) < 4.78 is 5.03. The summed E-state index contributed by atoms with van der Waals surface area (Å²) in [5.41, 5.74) is 3.25. The van der Waals surface area contributed by atoms with Crippen LogP contribution in [0.4, 0.5) is 0 Å². The van der Waals surface area contributed by atoms with Crippen LogP contribution < -0.4 is 0 Å². The van der Waals surface area contributed by atoms with E-state index in [0.717, 1.165) is 16.7 Å². The second-order valence-corrected chi connectivity index (χ2v) is 3.50. The van der Waals surface area contributed by atoms with Gasteiger partial charge in [-0.1, -0.05) is 38.5 Å². The van der Waals surface area contributed by atoms with E-state index in [1.54, 1.807) is 7.11 Å². The fraction of sp³-hybridized carbons (Fsp3) is 0.538. The smallest absolute Gasteiger partial charge is 0.0715 e. The van der Waals surface area contributed by atoms with E-state index in [2.05, 4.69) is 13.8 Å². The van der Waals surface area contributed by atoms with Gasteiger partial charge in [-0.15, -0.1) is 0 Å². The third-order valence-electron chi connectivity index (χ3n) is 2.03. The topological polar surface area (TPSA) is 29.5 Å². The fourth-order valence-corrected chi connectivity index (χ4v) is 1.22. The maximum atomic E-state index is 8.97. The van der Waals surface area contributed by atoms with E-state index in [4.69, 9.17) is 9.84 Å².